The Bertz CT molecular complexity index is 866. The van der Waals surface area contributed by atoms with Gasteiger partial charge in [0, 0.05) is 29.6 Å². The van der Waals surface area contributed by atoms with Gasteiger partial charge in [-0.2, -0.15) is 0 Å². The van der Waals surface area contributed by atoms with E-state index in [1.165, 1.54) is 5.56 Å². The number of hydrogen-bond donors (Lipinski definition) is 1. The van der Waals surface area contributed by atoms with Gasteiger partial charge in [0.1, 0.15) is 12.4 Å². The van der Waals surface area contributed by atoms with E-state index in [-0.39, 0.29) is 11.8 Å². The maximum absolute atomic E-state index is 12.7. The Kier molecular flexibility index (Phi) is 5.73. The molecule has 1 heterocycles. The van der Waals surface area contributed by atoms with E-state index in [1.54, 1.807) is 11.0 Å². The fraction of sp³-hybridized carbons (Fsp3) is 0.391. The predicted octanol–water partition coefficient (Wildman–Crippen LogP) is 3.69. The van der Waals surface area contributed by atoms with E-state index in [4.69, 9.17) is 4.74 Å². The molecule has 3 rings (SSSR count). The van der Waals surface area contributed by atoms with E-state index in [0.29, 0.717) is 31.8 Å². The molecule has 1 aliphatic rings. The number of fused-ring (bicyclic) bond motifs is 1. The van der Waals surface area contributed by atoms with Crippen LogP contribution in [0.3, 0.4) is 0 Å². The number of rotatable bonds is 3. The van der Waals surface area contributed by atoms with Gasteiger partial charge >= 0.3 is 0 Å². The quantitative estimate of drug-likeness (QED) is 0.883. The lowest BCUT2D eigenvalue weighted by molar-refractivity contribution is -0.140. The molecular weight excluding hydrogens is 352 g/mol. The smallest absolute Gasteiger partial charge is 0.251 e. The summed E-state index contributed by atoms with van der Waals surface area (Å²) in [5, 5.41) is 2.96. The number of nitrogens with one attached hydrogen (secondary N) is 1. The maximum Gasteiger partial charge on any atom is 0.251 e. The summed E-state index contributed by atoms with van der Waals surface area (Å²) in [5.74, 6) is 0.679. The molecule has 0 spiro atoms. The molecule has 0 saturated carbocycles. The summed E-state index contributed by atoms with van der Waals surface area (Å²) < 4.78 is 5.79. The second-order valence-corrected chi connectivity index (χ2v) is 8.32. The zero-order valence-electron chi connectivity index (χ0n) is 17.0. The lowest BCUT2D eigenvalue weighted by Crippen LogP contribution is -2.40. The summed E-state index contributed by atoms with van der Waals surface area (Å²) in [6.07, 6.45) is 0. The average Bonchev–Trinajstić information content (AvgIpc) is 2.87. The molecule has 0 saturated heterocycles. The minimum Gasteiger partial charge on any atom is -0.491 e. The Labute approximate surface area is 166 Å². The van der Waals surface area contributed by atoms with E-state index in [9.17, 15) is 9.59 Å². The van der Waals surface area contributed by atoms with Gasteiger partial charge < -0.3 is 15.0 Å². The number of carbonyl (C=O) groups is 2. The van der Waals surface area contributed by atoms with Gasteiger partial charge in [-0.3, -0.25) is 9.59 Å². The van der Waals surface area contributed by atoms with Gasteiger partial charge in [0.25, 0.3) is 5.91 Å². The van der Waals surface area contributed by atoms with Crippen LogP contribution in [0.25, 0.3) is 0 Å². The molecule has 2 aromatic carbocycles. The first-order valence-corrected chi connectivity index (χ1v) is 9.63. The zero-order valence-corrected chi connectivity index (χ0v) is 17.0. The molecule has 148 valence electrons. The number of benzene rings is 2. The fourth-order valence-electron chi connectivity index (χ4n) is 3.17. The van der Waals surface area contributed by atoms with Crippen LogP contribution in [0, 0.1) is 12.3 Å². The van der Waals surface area contributed by atoms with Crippen molar-refractivity contribution in [3.63, 3.8) is 0 Å². The third kappa shape index (κ3) is 4.71. The Balaban J connectivity index is 1.72. The lowest BCUT2D eigenvalue weighted by Gasteiger charge is -2.27. The Morgan fingerprint density at radius 1 is 1.11 bits per heavy atom. The van der Waals surface area contributed by atoms with E-state index in [2.05, 4.69) is 5.32 Å². The summed E-state index contributed by atoms with van der Waals surface area (Å²) in [7, 11) is 0. The molecular formula is C23H28N2O3. The van der Waals surface area contributed by atoms with Gasteiger partial charge in [0.05, 0.1) is 6.54 Å². The third-order valence-electron chi connectivity index (χ3n) is 4.81. The third-order valence-corrected chi connectivity index (χ3v) is 4.81. The van der Waals surface area contributed by atoms with Crippen LogP contribution in [-0.4, -0.2) is 29.9 Å². The molecule has 28 heavy (non-hydrogen) atoms. The molecule has 2 aromatic rings. The van der Waals surface area contributed by atoms with Crippen molar-refractivity contribution in [2.75, 3.05) is 13.2 Å². The molecule has 1 N–H and O–H groups in total. The van der Waals surface area contributed by atoms with Crippen molar-refractivity contribution >= 4 is 11.8 Å². The van der Waals surface area contributed by atoms with Crippen LogP contribution in [0.2, 0.25) is 0 Å². The number of aryl methyl sites for hydroxylation is 1. The maximum atomic E-state index is 12.7. The summed E-state index contributed by atoms with van der Waals surface area (Å²) >= 11 is 0. The van der Waals surface area contributed by atoms with E-state index in [1.807, 2.05) is 64.1 Å². The normalized spacial score (nSPS) is 13.9. The summed E-state index contributed by atoms with van der Waals surface area (Å²) in [6.45, 7) is 9.69. The second kappa shape index (κ2) is 8.05. The van der Waals surface area contributed by atoms with Crippen molar-refractivity contribution in [1.82, 2.24) is 10.2 Å². The molecule has 0 radical (unpaired) electrons. The Morgan fingerprint density at radius 3 is 2.50 bits per heavy atom. The average molecular weight is 380 g/mol. The number of hydrogen-bond acceptors (Lipinski definition) is 3. The van der Waals surface area contributed by atoms with Gasteiger partial charge in [0.15, 0.2) is 0 Å². The first kappa shape index (κ1) is 19.9. The molecule has 0 aliphatic carbocycles. The predicted molar refractivity (Wildman–Crippen MR) is 109 cm³/mol. The first-order chi connectivity index (χ1) is 13.2. The van der Waals surface area contributed by atoms with E-state index >= 15 is 0 Å². The SMILES string of the molecule is Cc1ccc(CNC(=O)c2ccc3c(c2)CN(C(=O)C(C)(C)C)CCO3)cc1. The van der Waals surface area contributed by atoms with Crippen LogP contribution in [0.15, 0.2) is 42.5 Å². The number of nitrogens with zero attached hydrogens (tertiary/aromatic N) is 1. The molecule has 5 heteroatoms. The van der Waals surface area contributed by atoms with Gasteiger partial charge in [-0.25, -0.2) is 0 Å². The largest absolute Gasteiger partial charge is 0.491 e. The monoisotopic (exact) mass is 380 g/mol. The van der Waals surface area contributed by atoms with E-state index in [0.717, 1.165) is 16.9 Å². The summed E-state index contributed by atoms with van der Waals surface area (Å²) in [6, 6.07) is 13.5. The standard InChI is InChI=1S/C23H28N2O3/c1-16-5-7-17(8-6-16)14-24-21(26)18-9-10-20-19(13-18)15-25(11-12-28-20)22(27)23(2,3)4/h5-10,13H,11-12,14-15H2,1-4H3,(H,24,26). The van der Waals surface area contributed by atoms with Crippen molar-refractivity contribution in [1.29, 1.82) is 0 Å². The van der Waals surface area contributed by atoms with Crippen LogP contribution in [0.1, 0.15) is 47.8 Å². The highest BCUT2D eigenvalue weighted by atomic mass is 16.5. The highest BCUT2D eigenvalue weighted by molar-refractivity contribution is 5.94. The van der Waals surface area contributed by atoms with Gasteiger partial charge in [-0.1, -0.05) is 50.6 Å². The van der Waals surface area contributed by atoms with Gasteiger partial charge in [-0.05, 0) is 30.7 Å². The van der Waals surface area contributed by atoms with Crippen molar-refractivity contribution in [3.8, 4) is 5.75 Å². The minimum absolute atomic E-state index is 0.0816. The van der Waals surface area contributed by atoms with Crippen LogP contribution in [-0.2, 0) is 17.9 Å². The van der Waals surface area contributed by atoms with Crippen LogP contribution >= 0.6 is 0 Å². The lowest BCUT2D eigenvalue weighted by atomic mass is 9.94. The molecule has 0 bridgehead atoms. The number of carbonyl (C=O) groups excluding carboxylic acids is 2. The molecule has 2 amide bonds. The van der Waals surface area contributed by atoms with Crippen molar-refractivity contribution < 1.29 is 14.3 Å². The fourth-order valence-corrected chi connectivity index (χ4v) is 3.17. The number of ether oxygens (including phenoxy) is 1. The molecule has 5 nitrogen and oxygen atoms in total. The number of amides is 2. The van der Waals surface area contributed by atoms with Gasteiger partial charge in [0.2, 0.25) is 5.91 Å². The topological polar surface area (TPSA) is 58.6 Å². The molecule has 0 fully saturated rings. The van der Waals surface area contributed by atoms with Crippen molar-refractivity contribution in [2.45, 2.75) is 40.8 Å². The molecule has 1 aliphatic heterocycles. The van der Waals surface area contributed by atoms with E-state index < -0.39 is 5.41 Å². The Hall–Kier alpha value is -2.82. The van der Waals surface area contributed by atoms with Crippen LogP contribution < -0.4 is 10.1 Å². The molecule has 0 aromatic heterocycles. The first-order valence-electron chi connectivity index (χ1n) is 9.63. The Morgan fingerprint density at radius 2 is 1.82 bits per heavy atom. The highest BCUT2D eigenvalue weighted by Crippen LogP contribution is 2.27. The molecule has 0 unspecified atom stereocenters. The summed E-state index contributed by atoms with van der Waals surface area (Å²) in [4.78, 5) is 27.1. The van der Waals surface area contributed by atoms with Crippen molar-refractivity contribution in [2.24, 2.45) is 5.41 Å². The summed E-state index contributed by atoms with van der Waals surface area (Å²) in [5.41, 5.74) is 3.22. The minimum atomic E-state index is -0.451. The molecule has 0 atom stereocenters. The zero-order chi connectivity index (χ0) is 20.3. The highest BCUT2D eigenvalue weighted by Gasteiger charge is 2.29. The van der Waals surface area contributed by atoms with Crippen molar-refractivity contribution in [3.05, 3.63) is 64.7 Å². The van der Waals surface area contributed by atoms with Crippen LogP contribution in [0.4, 0.5) is 0 Å². The second-order valence-electron chi connectivity index (χ2n) is 8.32. The van der Waals surface area contributed by atoms with Gasteiger partial charge in [-0.15, -0.1) is 0 Å². The van der Waals surface area contributed by atoms with Crippen LogP contribution in [0.5, 0.6) is 5.75 Å².